The molecule has 0 atom stereocenters. The first-order valence-electron chi connectivity index (χ1n) is 11.1. The van der Waals surface area contributed by atoms with Crippen molar-refractivity contribution in [1.82, 2.24) is 5.43 Å². The Morgan fingerprint density at radius 1 is 0.903 bits per heavy atom. The predicted octanol–water partition coefficient (Wildman–Crippen LogP) is 7.73. The monoisotopic (exact) mass is 410 g/mol. The molecule has 0 bridgehead atoms. The number of rotatable bonds is 7. The molecular weight excluding hydrogens is 376 g/mol. The van der Waals surface area contributed by atoms with Crippen LogP contribution in [0.15, 0.2) is 84.1 Å². The summed E-state index contributed by atoms with van der Waals surface area (Å²) in [5.74, 6) is 0. The van der Waals surface area contributed by atoms with E-state index in [1.54, 1.807) is 0 Å². The van der Waals surface area contributed by atoms with Gasteiger partial charge in [-0.3, -0.25) is 5.43 Å². The zero-order valence-corrected chi connectivity index (χ0v) is 19.5. The number of hydrogen-bond donors (Lipinski definition) is 1. The van der Waals surface area contributed by atoms with E-state index in [1.165, 1.54) is 39.8 Å². The molecule has 2 heteroatoms. The van der Waals surface area contributed by atoms with Crippen LogP contribution in [0.2, 0.25) is 0 Å². The molecule has 0 radical (unpaired) electrons. The maximum absolute atomic E-state index is 4.38. The number of aryl methyl sites for hydroxylation is 1. The highest BCUT2D eigenvalue weighted by Gasteiger charge is 2.14. The van der Waals surface area contributed by atoms with Gasteiger partial charge in [0.25, 0.3) is 0 Å². The third kappa shape index (κ3) is 5.95. The van der Waals surface area contributed by atoms with Gasteiger partial charge in [-0.25, -0.2) is 0 Å². The van der Waals surface area contributed by atoms with Crippen LogP contribution < -0.4 is 5.43 Å². The van der Waals surface area contributed by atoms with Gasteiger partial charge in [0.05, 0.1) is 6.21 Å². The molecule has 3 rings (SSSR count). The Balaban J connectivity index is 2.00. The van der Waals surface area contributed by atoms with E-state index >= 15 is 0 Å². The van der Waals surface area contributed by atoms with Crippen molar-refractivity contribution in [2.24, 2.45) is 5.10 Å². The van der Waals surface area contributed by atoms with E-state index in [4.69, 9.17) is 0 Å². The molecule has 0 aliphatic rings. The fourth-order valence-electron chi connectivity index (χ4n) is 3.63. The zero-order valence-electron chi connectivity index (χ0n) is 19.5. The number of hydrogen-bond acceptors (Lipinski definition) is 2. The maximum atomic E-state index is 4.38. The number of nitrogens with zero attached hydrogens (tertiary/aromatic N) is 1. The molecule has 0 saturated heterocycles. The lowest BCUT2D eigenvalue weighted by Crippen LogP contribution is -2.10. The summed E-state index contributed by atoms with van der Waals surface area (Å²) in [5.41, 5.74) is 12.5. The number of nitrogens with one attached hydrogen (secondary N) is 1. The van der Waals surface area contributed by atoms with Gasteiger partial charge >= 0.3 is 0 Å². The first-order chi connectivity index (χ1) is 14.8. The average Bonchev–Trinajstić information content (AvgIpc) is 2.74. The molecule has 0 heterocycles. The lowest BCUT2D eigenvalue weighted by atomic mass is 9.86. The fraction of sp³-hybridized carbons (Fsp3) is 0.276. The van der Waals surface area contributed by atoms with Gasteiger partial charge in [0.2, 0.25) is 0 Å². The quantitative estimate of drug-likeness (QED) is 0.313. The molecule has 3 aromatic carbocycles. The van der Waals surface area contributed by atoms with Crippen LogP contribution in [0.4, 0.5) is 0 Å². The Kier molecular flexibility index (Phi) is 7.12. The van der Waals surface area contributed by atoms with E-state index in [2.05, 4.69) is 112 Å². The van der Waals surface area contributed by atoms with Gasteiger partial charge in [-0.15, -0.1) is 0 Å². The van der Waals surface area contributed by atoms with Crippen LogP contribution >= 0.6 is 0 Å². The largest absolute Gasteiger partial charge is 0.284 e. The van der Waals surface area contributed by atoms with Crippen LogP contribution in [-0.2, 0) is 11.8 Å². The molecule has 2 nitrogen and oxygen atoms in total. The standard InChI is InChI=1S/C29H34N2/c1-7-8-22-9-11-23(12-10-22)25-15-18-28(26(19-25)20-30-31-21(2)3)24-13-16-27(17-14-24)29(4,5)6/h9-20,31H,2,7-8H2,1,3-6H3/b30-20+. The molecule has 0 saturated carbocycles. The zero-order chi connectivity index (χ0) is 22.4. The van der Waals surface area contributed by atoms with E-state index < -0.39 is 0 Å². The molecule has 31 heavy (non-hydrogen) atoms. The van der Waals surface area contributed by atoms with Crippen LogP contribution in [0.3, 0.4) is 0 Å². The van der Waals surface area contributed by atoms with Gasteiger partial charge < -0.3 is 0 Å². The van der Waals surface area contributed by atoms with Crippen molar-refractivity contribution in [3.8, 4) is 22.3 Å². The van der Waals surface area contributed by atoms with Gasteiger partial charge in [0.15, 0.2) is 0 Å². The van der Waals surface area contributed by atoms with Crippen molar-refractivity contribution in [2.75, 3.05) is 0 Å². The second kappa shape index (κ2) is 9.78. The van der Waals surface area contributed by atoms with Crippen molar-refractivity contribution >= 4 is 6.21 Å². The van der Waals surface area contributed by atoms with Gasteiger partial charge in [-0.05, 0) is 58.2 Å². The Morgan fingerprint density at radius 3 is 2.10 bits per heavy atom. The van der Waals surface area contributed by atoms with E-state index in [9.17, 15) is 0 Å². The molecule has 3 aromatic rings. The van der Waals surface area contributed by atoms with Gasteiger partial charge in [-0.2, -0.15) is 5.10 Å². The normalized spacial score (nSPS) is 11.6. The van der Waals surface area contributed by atoms with Gasteiger partial charge in [0.1, 0.15) is 0 Å². The SMILES string of the molecule is C=C(C)N/N=C/c1cc(-c2ccc(CCC)cc2)ccc1-c1ccc(C(C)(C)C)cc1. The number of allylic oxidation sites excluding steroid dienone is 1. The summed E-state index contributed by atoms with van der Waals surface area (Å²) in [6, 6.07) is 24.4. The summed E-state index contributed by atoms with van der Waals surface area (Å²) in [4.78, 5) is 0. The fourth-order valence-corrected chi connectivity index (χ4v) is 3.63. The van der Waals surface area contributed by atoms with Gasteiger partial charge in [0, 0.05) is 11.3 Å². The van der Waals surface area contributed by atoms with E-state index in [0.29, 0.717) is 0 Å². The summed E-state index contributed by atoms with van der Waals surface area (Å²) in [7, 11) is 0. The number of hydrazone groups is 1. The van der Waals surface area contributed by atoms with Crippen molar-refractivity contribution < 1.29 is 0 Å². The van der Waals surface area contributed by atoms with E-state index in [-0.39, 0.29) is 5.41 Å². The van der Waals surface area contributed by atoms with Crippen LogP contribution in [0.5, 0.6) is 0 Å². The summed E-state index contributed by atoms with van der Waals surface area (Å²) in [6.45, 7) is 14.7. The molecular formula is C29H34N2. The minimum absolute atomic E-state index is 0.141. The van der Waals surface area contributed by atoms with Crippen LogP contribution in [0.1, 0.15) is 57.7 Å². The first-order valence-corrected chi connectivity index (χ1v) is 11.1. The third-order valence-electron chi connectivity index (χ3n) is 5.40. The summed E-state index contributed by atoms with van der Waals surface area (Å²) in [6.07, 6.45) is 4.17. The first kappa shape index (κ1) is 22.6. The minimum Gasteiger partial charge on any atom is -0.284 e. The molecule has 0 aliphatic carbocycles. The predicted molar refractivity (Wildman–Crippen MR) is 136 cm³/mol. The minimum atomic E-state index is 0.141. The third-order valence-corrected chi connectivity index (χ3v) is 5.40. The summed E-state index contributed by atoms with van der Waals surface area (Å²) in [5, 5.41) is 4.38. The molecule has 0 unspecified atom stereocenters. The van der Waals surface area contributed by atoms with Crippen molar-refractivity contribution in [3.05, 3.63) is 95.7 Å². The molecule has 0 aliphatic heterocycles. The van der Waals surface area contributed by atoms with Crippen molar-refractivity contribution in [1.29, 1.82) is 0 Å². The smallest absolute Gasteiger partial charge is 0.0551 e. The second-order valence-corrected chi connectivity index (χ2v) is 9.23. The highest BCUT2D eigenvalue weighted by molar-refractivity contribution is 5.92. The van der Waals surface area contributed by atoms with E-state index in [1.807, 2.05) is 13.1 Å². The lowest BCUT2D eigenvalue weighted by Gasteiger charge is -2.19. The Hall–Kier alpha value is -3.13. The van der Waals surface area contributed by atoms with Crippen LogP contribution in [-0.4, -0.2) is 6.21 Å². The molecule has 0 amide bonds. The second-order valence-electron chi connectivity index (χ2n) is 9.23. The summed E-state index contributed by atoms with van der Waals surface area (Å²) >= 11 is 0. The lowest BCUT2D eigenvalue weighted by molar-refractivity contribution is 0.590. The Bertz CT molecular complexity index is 1050. The van der Waals surface area contributed by atoms with Crippen molar-refractivity contribution in [2.45, 2.75) is 52.9 Å². The average molecular weight is 411 g/mol. The molecule has 0 aromatic heterocycles. The van der Waals surface area contributed by atoms with Crippen LogP contribution in [0, 0.1) is 0 Å². The Morgan fingerprint density at radius 2 is 1.52 bits per heavy atom. The van der Waals surface area contributed by atoms with Gasteiger partial charge in [-0.1, -0.05) is 101 Å². The highest BCUT2D eigenvalue weighted by atomic mass is 15.3. The van der Waals surface area contributed by atoms with Crippen LogP contribution in [0.25, 0.3) is 22.3 Å². The highest BCUT2D eigenvalue weighted by Crippen LogP contribution is 2.30. The molecule has 1 N–H and O–H groups in total. The van der Waals surface area contributed by atoms with Crippen molar-refractivity contribution in [3.63, 3.8) is 0 Å². The Labute approximate surface area is 187 Å². The summed E-state index contributed by atoms with van der Waals surface area (Å²) < 4.78 is 0. The van der Waals surface area contributed by atoms with E-state index in [0.717, 1.165) is 17.7 Å². The molecule has 160 valence electrons. The molecule has 0 fully saturated rings. The molecule has 0 spiro atoms. The topological polar surface area (TPSA) is 24.4 Å². The maximum Gasteiger partial charge on any atom is 0.0551 e. The number of benzene rings is 3.